The van der Waals surface area contributed by atoms with Gasteiger partial charge in [-0.15, -0.1) is 0 Å². The minimum Gasteiger partial charge on any atom is -0.495 e. The second kappa shape index (κ2) is 11.8. The second-order valence-electron chi connectivity index (χ2n) is 9.03. The van der Waals surface area contributed by atoms with E-state index in [1.807, 2.05) is 18.0 Å². The number of benzene rings is 1. The molecule has 0 aliphatic carbocycles. The number of hydrogen-bond acceptors (Lipinski definition) is 7. The Morgan fingerprint density at radius 3 is 2.71 bits per heavy atom. The number of fused-ring (bicyclic) bond motifs is 1. The Morgan fingerprint density at radius 2 is 2.03 bits per heavy atom. The van der Waals surface area contributed by atoms with Gasteiger partial charge in [0.1, 0.15) is 16.9 Å². The number of pyridine rings is 1. The highest BCUT2D eigenvalue weighted by Gasteiger charge is 2.28. The molecule has 0 bridgehead atoms. The Hall–Kier alpha value is -3.01. The lowest BCUT2D eigenvalue weighted by molar-refractivity contribution is 0.149. The molecule has 204 valence electrons. The van der Waals surface area contributed by atoms with Crippen molar-refractivity contribution >= 4 is 38.5 Å². The summed E-state index contributed by atoms with van der Waals surface area (Å²) in [6.45, 7) is 1.25. The zero-order valence-corrected chi connectivity index (χ0v) is 22.8. The minimum absolute atomic E-state index is 0.129. The molecule has 1 fully saturated rings. The number of sulfone groups is 1. The summed E-state index contributed by atoms with van der Waals surface area (Å²) in [6.07, 6.45) is 2.38. The quantitative estimate of drug-likeness (QED) is 0.305. The van der Waals surface area contributed by atoms with Gasteiger partial charge in [0.25, 0.3) is 5.76 Å². The van der Waals surface area contributed by atoms with Gasteiger partial charge in [0.05, 0.1) is 47.0 Å². The molecular weight excluding hydrogens is 537 g/mol. The Balaban J connectivity index is 1.58. The molecule has 0 radical (unpaired) electrons. The lowest BCUT2D eigenvalue weighted by atomic mass is 10.0. The molecule has 0 saturated carbocycles. The van der Waals surface area contributed by atoms with Crippen LogP contribution in [0.4, 0.5) is 24.5 Å². The van der Waals surface area contributed by atoms with Gasteiger partial charge in [-0.2, -0.15) is 8.78 Å². The van der Waals surface area contributed by atoms with E-state index in [1.165, 1.54) is 19.2 Å². The number of rotatable bonds is 8. The molecule has 12 heteroatoms. The van der Waals surface area contributed by atoms with E-state index in [2.05, 4.69) is 22.5 Å². The average molecular weight is 567 g/mol. The van der Waals surface area contributed by atoms with Gasteiger partial charge in [-0.25, -0.2) is 12.8 Å². The third-order valence-electron chi connectivity index (χ3n) is 6.24. The average Bonchev–Trinajstić information content (AvgIpc) is 3.20. The van der Waals surface area contributed by atoms with Crippen LogP contribution in [0.2, 0.25) is 0 Å². The van der Waals surface area contributed by atoms with Gasteiger partial charge < -0.3 is 24.7 Å². The van der Waals surface area contributed by atoms with Gasteiger partial charge in [0, 0.05) is 31.6 Å². The molecular formula is C26H29F3N4O3S2. The lowest BCUT2D eigenvalue weighted by Gasteiger charge is -2.33. The standard InChI is InChI=1S/C26H29F3N4O3S2/c1-32-13-10-20(19(27)16-32)31-21-7-5-12-33-23(21)14-17(25(33)37-26(28)29)6-4-11-30-22-9-8-18(38(3,34)35)15-24(22)36-2/h5,7-9,12,14-15,19-20,26,30-31H,10-11,13,16H2,1-3H3/t19-,20+/m0/s1. The van der Waals surface area contributed by atoms with Gasteiger partial charge in [-0.1, -0.05) is 11.8 Å². The summed E-state index contributed by atoms with van der Waals surface area (Å²) in [6, 6.07) is 9.36. The van der Waals surface area contributed by atoms with Gasteiger partial charge in [0.15, 0.2) is 9.84 Å². The van der Waals surface area contributed by atoms with Crippen molar-refractivity contribution in [3.8, 4) is 17.6 Å². The molecule has 1 aliphatic heterocycles. The highest BCUT2D eigenvalue weighted by Crippen LogP contribution is 2.34. The minimum atomic E-state index is -3.39. The topological polar surface area (TPSA) is 75.1 Å². The fourth-order valence-corrected chi connectivity index (χ4v) is 5.65. The van der Waals surface area contributed by atoms with Crippen LogP contribution in [0.5, 0.6) is 5.75 Å². The van der Waals surface area contributed by atoms with Crippen LogP contribution in [0.25, 0.3) is 5.52 Å². The first-order valence-corrected chi connectivity index (χ1v) is 14.6. The number of aromatic nitrogens is 1. The summed E-state index contributed by atoms with van der Waals surface area (Å²) in [5.74, 6) is 3.60. The molecule has 7 nitrogen and oxygen atoms in total. The number of halogens is 3. The van der Waals surface area contributed by atoms with E-state index >= 15 is 0 Å². The smallest absolute Gasteiger partial charge is 0.290 e. The molecule has 2 atom stereocenters. The number of nitrogens with zero attached hydrogens (tertiary/aromatic N) is 2. The predicted molar refractivity (Wildman–Crippen MR) is 145 cm³/mol. The summed E-state index contributed by atoms with van der Waals surface area (Å²) in [5.41, 5.74) is 2.26. The monoisotopic (exact) mass is 566 g/mol. The summed E-state index contributed by atoms with van der Waals surface area (Å²) >= 11 is 0.403. The Bertz CT molecular complexity index is 1470. The molecule has 0 spiro atoms. The van der Waals surface area contributed by atoms with E-state index in [1.54, 1.807) is 28.8 Å². The molecule has 0 amide bonds. The summed E-state index contributed by atoms with van der Waals surface area (Å²) < 4.78 is 72.0. The van der Waals surface area contributed by atoms with Crippen molar-refractivity contribution < 1.29 is 26.3 Å². The normalized spacial score (nSPS) is 18.3. The van der Waals surface area contributed by atoms with Crippen LogP contribution in [0.15, 0.2) is 52.5 Å². The van der Waals surface area contributed by atoms with Crippen LogP contribution in [0.3, 0.4) is 0 Å². The number of hydrogen-bond donors (Lipinski definition) is 2. The van der Waals surface area contributed by atoms with E-state index in [-0.39, 0.29) is 17.5 Å². The zero-order chi connectivity index (χ0) is 27.4. The maximum atomic E-state index is 14.6. The molecule has 1 aliphatic rings. The number of alkyl halides is 3. The summed E-state index contributed by atoms with van der Waals surface area (Å²) in [7, 11) is -0.0778. The zero-order valence-electron chi connectivity index (χ0n) is 21.2. The largest absolute Gasteiger partial charge is 0.495 e. The van der Waals surface area contributed by atoms with Crippen LogP contribution < -0.4 is 15.4 Å². The van der Waals surface area contributed by atoms with Crippen molar-refractivity contribution in [1.29, 1.82) is 0 Å². The highest BCUT2D eigenvalue weighted by atomic mass is 32.2. The van der Waals surface area contributed by atoms with Crippen LogP contribution in [0.1, 0.15) is 12.0 Å². The number of thioether (sulfide) groups is 1. The summed E-state index contributed by atoms with van der Waals surface area (Å²) in [5, 5.41) is 6.63. The molecule has 3 heterocycles. The molecule has 1 saturated heterocycles. The van der Waals surface area contributed by atoms with Gasteiger partial charge in [0.2, 0.25) is 0 Å². The van der Waals surface area contributed by atoms with Gasteiger partial charge in [-0.05, 0) is 55.6 Å². The fourth-order valence-electron chi connectivity index (χ4n) is 4.34. The predicted octanol–water partition coefficient (Wildman–Crippen LogP) is 4.58. The van der Waals surface area contributed by atoms with Crippen molar-refractivity contribution in [3.63, 3.8) is 0 Å². The van der Waals surface area contributed by atoms with E-state index in [0.29, 0.717) is 58.0 Å². The van der Waals surface area contributed by atoms with Gasteiger partial charge >= 0.3 is 0 Å². The Kier molecular flexibility index (Phi) is 8.70. The van der Waals surface area contributed by atoms with Crippen molar-refractivity contribution in [2.24, 2.45) is 0 Å². The number of anilines is 2. The molecule has 0 unspecified atom stereocenters. The first-order valence-electron chi connectivity index (χ1n) is 11.9. The fraction of sp³-hybridized carbons (Fsp3) is 0.385. The number of piperidine rings is 1. The first kappa shape index (κ1) is 28.0. The summed E-state index contributed by atoms with van der Waals surface area (Å²) in [4.78, 5) is 2.07. The number of nitrogens with one attached hydrogen (secondary N) is 2. The number of ether oxygens (including phenoxy) is 1. The Morgan fingerprint density at radius 1 is 1.24 bits per heavy atom. The first-order chi connectivity index (χ1) is 18.1. The van der Waals surface area contributed by atoms with Crippen LogP contribution in [0, 0.1) is 11.8 Å². The van der Waals surface area contributed by atoms with E-state index in [4.69, 9.17) is 4.74 Å². The molecule has 4 rings (SSSR count). The van der Waals surface area contributed by atoms with Gasteiger partial charge in [-0.3, -0.25) is 0 Å². The maximum Gasteiger partial charge on any atom is 0.290 e. The molecule has 38 heavy (non-hydrogen) atoms. The molecule has 2 N–H and O–H groups in total. The van der Waals surface area contributed by atoms with E-state index in [9.17, 15) is 21.6 Å². The van der Waals surface area contributed by atoms with Crippen molar-refractivity contribution in [2.75, 3.05) is 50.7 Å². The Labute approximate surface area is 224 Å². The number of methoxy groups -OCH3 is 1. The SMILES string of the molecule is COc1cc(S(C)(=O)=O)ccc1NCC#Cc1cc2c(N[C@@H]3CCN(C)C[C@@H]3F)cccn2c1SC(F)F. The number of likely N-dealkylation sites (tertiary alicyclic amines) is 1. The lowest BCUT2D eigenvalue weighted by Crippen LogP contribution is -2.46. The molecule has 1 aromatic carbocycles. The van der Waals surface area contributed by atoms with Crippen molar-refractivity contribution in [1.82, 2.24) is 9.30 Å². The maximum absolute atomic E-state index is 14.6. The third kappa shape index (κ3) is 6.51. The van der Waals surface area contributed by atoms with Crippen LogP contribution in [-0.4, -0.2) is 75.7 Å². The van der Waals surface area contributed by atoms with Crippen LogP contribution in [-0.2, 0) is 9.84 Å². The van der Waals surface area contributed by atoms with Crippen molar-refractivity contribution in [3.05, 3.63) is 48.2 Å². The second-order valence-corrected chi connectivity index (χ2v) is 12.0. The van der Waals surface area contributed by atoms with Crippen molar-refractivity contribution in [2.45, 2.75) is 34.3 Å². The molecule has 3 aromatic rings. The molecule has 2 aromatic heterocycles. The third-order valence-corrected chi connectivity index (χ3v) is 8.17. The highest BCUT2D eigenvalue weighted by molar-refractivity contribution is 7.99. The van der Waals surface area contributed by atoms with E-state index in [0.717, 1.165) is 12.8 Å². The van der Waals surface area contributed by atoms with E-state index < -0.39 is 21.8 Å². The van der Waals surface area contributed by atoms with Crippen LogP contribution >= 0.6 is 11.8 Å².